The van der Waals surface area contributed by atoms with Crippen molar-refractivity contribution >= 4 is 17.3 Å². The van der Waals surface area contributed by atoms with Crippen LogP contribution in [0.15, 0.2) is 36.5 Å². The van der Waals surface area contributed by atoms with E-state index in [1.165, 1.54) is 0 Å². The summed E-state index contributed by atoms with van der Waals surface area (Å²) in [6, 6.07) is 7.08. The van der Waals surface area contributed by atoms with Crippen LogP contribution in [0.2, 0.25) is 5.02 Å². The van der Waals surface area contributed by atoms with E-state index in [0.717, 1.165) is 12.1 Å². The molecule has 0 saturated heterocycles. The van der Waals surface area contributed by atoms with Crippen LogP contribution < -0.4 is 4.74 Å². The van der Waals surface area contributed by atoms with Crippen molar-refractivity contribution in [3.63, 3.8) is 0 Å². The molecule has 5 nitrogen and oxygen atoms in total. The molecule has 0 unspecified atom stereocenters. The molecule has 0 atom stereocenters. The zero-order valence-electron chi connectivity index (χ0n) is 9.55. The fraction of sp³-hybridized carbons (Fsp3) is 0.0833. The smallest absolute Gasteiger partial charge is 0.306 e. The highest BCUT2D eigenvalue weighted by atomic mass is 35.5. The maximum Gasteiger partial charge on any atom is 0.306 e. The van der Waals surface area contributed by atoms with Gasteiger partial charge in [0.15, 0.2) is 0 Å². The maximum atomic E-state index is 13.4. The second-order valence-corrected chi connectivity index (χ2v) is 4.01. The minimum atomic E-state index is -0.995. The fourth-order valence-corrected chi connectivity index (χ4v) is 1.62. The van der Waals surface area contributed by atoms with Gasteiger partial charge in [0, 0.05) is 18.3 Å². The van der Waals surface area contributed by atoms with E-state index in [9.17, 15) is 14.5 Å². The van der Waals surface area contributed by atoms with Gasteiger partial charge in [0.25, 0.3) is 0 Å². The Morgan fingerprint density at radius 1 is 1.42 bits per heavy atom. The highest BCUT2D eigenvalue weighted by Crippen LogP contribution is 2.31. The van der Waals surface area contributed by atoms with Gasteiger partial charge in [-0.15, -0.1) is 0 Å². The quantitative estimate of drug-likeness (QED) is 0.637. The Balaban J connectivity index is 2.17. The molecule has 0 aliphatic rings. The lowest BCUT2D eigenvalue weighted by Crippen LogP contribution is -2.00. The molecule has 0 N–H and O–H groups in total. The van der Waals surface area contributed by atoms with Crippen LogP contribution in [-0.4, -0.2) is 9.91 Å². The average molecular weight is 283 g/mol. The van der Waals surface area contributed by atoms with Crippen LogP contribution >= 0.6 is 11.6 Å². The molecule has 0 radical (unpaired) electrons. The van der Waals surface area contributed by atoms with Crippen molar-refractivity contribution in [2.24, 2.45) is 0 Å². The molecular weight excluding hydrogens is 275 g/mol. The van der Waals surface area contributed by atoms with E-state index in [0.29, 0.717) is 5.69 Å². The third-order valence-corrected chi connectivity index (χ3v) is 2.60. The Bertz CT molecular complexity index is 607. The molecule has 0 saturated carbocycles. The van der Waals surface area contributed by atoms with E-state index >= 15 is 0 Å². The average Bonchev–Trinajstić information content (AvgIpc) is 2.40. The number of ether oxygens (including phenoxy) is 1. The van der Waals surface area contributed by atoms with Gasteiger partial charge < -0.3 is 4.74 Å². The van der Waals surface area contributed by atoms with E-state index in [4.69, 9.17) is 16.3 Å². The molecule has 0 aliphatic heterocycles. The van der Waals surface area contributed by atoms with Gasteiger partial charge in [0.2, 0.25) is 5.82 Å². The summed E-state index contributed by atoms with van der Waals surface area (Å²) in [5.41, 5.74) is -0.0486. The summed E-state index contributed by atoms with van der Waals surface area (Å²) in [6.45, 7) is 0.0951. The van der Waals surface area contributed by atoms with Crippen molar-refractivity contribution in [1.82, 2.24) is 4.98 Å². The van der Waals surface area contributed by atoms with Crippen LogP contribution in [0.4, 0.5) is 10.1 Å². The first-order valence-electron chi connectivity index (χ1n) is 5.24. The van der Waals surface area contributed by atoms with Crippen LogP contribution in [0.5, 0.6) is 5.75 Å². The van der Waals surface area contributed by atoms with Gasteiger partial charge in [0.05, 0.1) is 15.6 Å². The summed E-state index contributed by atoms with van der Waals surface area (Å²) in [4.78, 5) is 13.7. The fourth-order valence-electron chi connectivity index (χ4n) is 1.40. The summed E-state index contributed by atoms with van der Waals surface area (Å²) in [7, 11) is 0. The van der Waals surface area contributed by atoms with Gasteiger partial charge in [-0.1, -0.05) is 17.7 Å². The standard InChI is InChI=1S/C12H8ClFN2O3/c13-9-5-11(16(17)18)10(14)6-12(9)19-7-8-3-1-2-4-15-8/h1-6H,7H2. The zero-order chi connectivity index (χ0) is 13.8. The molecule has 0 aliphatic carbocycles. The van der Waals surface area contributed by atoms with Crippen molar-refractivity contribution in [2.75, 3.05) is 0 Å². The first-order valence-corrected chi connectivity index (χ1v) is 5.62. The van der Waals surface area contributed by atoms with Gasteiger partial charge in [-0.3, -0.25) is 15.1 Å². The number of nitro benzene ring substituents is 1. The van der Waals surface area contributed by atoms with Gasteiger partial charge in [-0.25, -0.2) is 0 Å². The monoisotopic (exact) mass is 282 g/mol. The Morgan fingerprint density at radius 2 is 2.21 bits per heavy atom. The topological polar surface area (TPSA) is 65.3 Å². The lowest BCUT2D eigenvalue weighted by atomic mass is 10.3. The second kappa shape index (κ2) is 5.62. The number of nitrogens with zero attached hydrogens (tertiary/aromatic N) is 2. The van der Waals surface area contributed by atoms with Crippen molar-refractivity contribution in [2.45, 2.75) is 6.61 Å². The maximum absolute atomic E-state index is 13.4. The molecule has 0 fully saturated rings. The Kier molecular flexibility index (Phi) is 3.91. The van der Waals surface area contributed by atoms with Crippen LogP contribution in [0.1, 0.15) is 5.69 Å². The van der Waals surface area contributed by atoms with Gasteiger partial charge in [-0.05, 0) is 12.1 Å². The van der Waals surface area contributed by atoms with Crippen molar-refractivity contribution in [1.29, 1.82) is 0 Å². The summed E-state index contributed by atoms with van der Waals surface area (Å²) in [5.74, 6) is -0.958. The summed E-state index contributed by atoms with van der Waals surface area (Å²) in [6.07, 6.45) is 1.59. The highest BCUT2D eigenvalue weighted by molar-refractivity contribution is 6.32. The predicted octanol–water partition coefficient (Wildman–Crippen LogP) is 3.36. The van der Waals surface area contributed by atoms with Crippen molar-refractivity contribution < 1.29 is 14.1 Å². The molecule has 1 aromatic carbocycles. The molecule has 98 valence electrons. The van der Waals surface area contributed by atoms with E-state index in [2.05, 4.69) is 4.98 Å². The second-order valence-electron chi connectivity index (χ2n) is 3.60. The minimum Gasteiger partial charge on any atom is -0.486 e. The number of hydrogen-bond donors (Lipinski definition) is 0. The summed E-state index contributed by atoms with van der Waals surface area (Å²) in [5, 5.41) is 10.5. The number of halogens is 2. The number of nitro groups is 1. The van der Waals surface area contributed by atoms with Crippen molar-refractivity contribution in [3.05, 3.63) is 63.2 Å². The van der Waals surface area contributed by atoms with Crippen LogP contribution in [0, 0.1) is 15.9 Å². The van der Waals surface area contributed by atoms with Crippen LogP contribution in [0.25, 0.3) is 0 Å². The Labute approximate surface area is 112 Å². The number of hydrogen-bond acceptors (Lipinski definition) is 4. The molecule has 2 aromatic rings. The molecular formula is C12H8ClFN2O3. The van der Waals surface area contributed by atoms with Crippen LogP contribution in [0.3, 0.4) is 0 Å². The van der Waals surface area contributed by atoms with Crippen molar-refractivity contribution in [3.8, 4) is 5.75 Å². The number of rotatable bonds is 4. The third kappa shape index (κ3) is 3.17. The highest BCUT2D eigenvalue weighted by Gasteiger charge is 2.18. The molecule has 0 amide bonds. The number of pyridine rings is 1. The van der Waals surface area contributed by atoms with E-state index in [1.807, 2.05) is 0 Å². The molecule has 1 heterocycles. The lowest BCUT2D eigenvalue weighted by Gasteiger charge is -2.07. The molecule has 2 rings (SSSR count). The summed E-state index contributed by atoms with van der Waals surface area (Å²) >= 11 is 5.80. The molecule has 0 bridgehead atoms. The van der Waals surface area contributed by atoms with Gasteiger partial charge in [-0.2, -0.15) is 4.39 Å². The molecule has 1 aromatic heterocycles. The molecule has 7 heteroatoms. The third-order valence-electron chi connectivity index (χ3n) is 2.30. The van der Waals surface area contributed by atoms with E-state index in [-0.39, 0.29) is 17.4 Å². The number of benzene rings is 1. The van der Waals surface area contributed by atoms with Gasteiger partial charge >= 0.3 is 5.69 Å². The lowest BCUT2D eigenvalue weighted by molar-refractivity contribution is -0.387. The SMILES string of the molecule is O=[N+]([O-])c1cc(Cl)c(OCc2ccccn2)cc1F. The predicted molar refractivity (Wildman–Crippen MR) is 66.6 cm³/mol. The van der Waals surface area contributed by atoms with E-state index in [1.54, 1.807) is 24.4 Å². The Morgan fingerprint density at radius 3 is 2.84 bits per heavy atom. The molecule has 19 heavy (non-hydrogen) atoms. The zero-order valence-corrected chi connectivity index (χ0v) is 10.3. The van der Waals surface area contributed by atoms with Gasteiger partial charge in [0.1, 0.15) is 12.4 Å². The first kappa shape index (κ1) is 13.2. The largest absolute Gasteiger partial charge is 0.486 e. The summed E-state index contributed by atoms with van der Waals surface area (Å²) < 4.78 is 18.7. The minimum absolute atomic E-state index is 0.0240. The first-order chi connectivity index (χ1) is 9.08. The Hall–Kier alpha value is -2.21. The normalized spacial score (nSPS) is 10.2. The molecule has 0 spiro atoms. The van der Waals surface area contributed by atoms with Crippen LogP contribution in [-0.2, 0) is 6.61 Å². The van der Waals surface area contributed by atoms with E-state index < -0.39 is 16.4 Å². The number of aromatic nitrogens is 1.